The summed E-state index contributed by atoms with van der Waals surface area (Å²) in [4.78, 5) is 2.33. The lowest BCUT2D eigenvalue weighted by atomic mass is 10.2. The molecule has 0 bridgehead atoms. The maximum absolute atomic E-state index is 12.3. The van der Waals surface area contributed by atoms with Crippen LogP contribution in [-0.4, -0.2) is 21.7 Å². The molecule has 6 nitrogen and oxygen atoms in total. The zero-order valence-electron chi connectivity index (χ0n) is 16.8. The first kappa shape index (κ1) is 22.9. The largest absolute Gasteiger partial charge is 0.493 e. The summed E-state index contributed by atoms with van der Waals surface area (Å²) >= 11 is 12.3. The van der Waals surface area contributed by atoms with E-state index in [1.807, 2.05) is 6.92 Å². The first-order valence-electron chi connectivity index (χ1n) is 9.15. The number of nitrogens with zero attached hydrogens (tertiary/aromatic N) is 1. The molecule has 3 aromatic rings. The molecule has 9 heteroatoms. The number of nitrogens with one attached hydrogen (secondary N) is 1. The summed E-state index contributed by atoms with van der Waals surface area (Å²) in [6.07, 6.45) is 1.38. The predicted molar refractivity (Wildman–Crippen MR) is 123 cm³/mol. The van der Waals surface area contributed by atoms with Crippen LogP contribution in [0.2, 0.25) is 10.0 Å². The summed E-state index contributed by atoms with van der Waals surface area (Å²) in [5, 5.41) is 4.86. The second-order valence-corrected chi connectivity index (χ2v) is 9.04. The number of rotatable bonds is 8. The molecule has 0 unspecified atom stereocenters. The van der Waals surface area contributed by atoms with Crippen LogP contribution >= 0.6 is 23.2 Å². The van der Waals surface area contributed by atoms with Crippen LogP contribution in [0.3, 0.4) is 0 Å². The monoisotopic (exact) mass is 478 g/mol. The van der Waals surface area contributed by atoms with E-state index in [9.17, 15) is 8.42 Å². The van der Waals surface area contributed by atoms with Crippen LogP contribution in [0.4, 0.5) is 0 Å². The molecule has 0 aliphatic rings. The maximum Gasteiger partial charge on any atom is 0.276 e. The lowest BCUT2D eigenvalue weighted by Gasteiger charge is -2.13. The fourth-order valence-electron chi connectivity index (χ4n) is 2.64. The Hall–Kier alpha value is -2.74. The molecule has 0 fully saturated rings. The van der Waals surface area contributed by atoms with E-state index in [0.717, 1.165) is 5.56 Å². The molecule has 0 amide bonds. The van der Waals surface area contributed by atoms with Gasteiger partial charge in [0.05, 0.1) is 18.2 Å². The van der Waals surface area contributed by atoms with Crippen molar-refractivity contribution in [2.75, 3.05) is 7.11 Å². The zero-order valence-corrected chi connectivity index (χ0v) is 19.1. The summed E-state index contributed by atoms with van der Waals surface area (Å²) < 4.78 is 35.8. The molecule has 31 heavy (non-hydrogen) atoms. The Bertz CT molecular complexity index is 1180. The van der Waals surface area contributed by atoms with E-state index >= 15 is 0 Å². The van der Waals surface area contributed by atoms with Gasteiger partial charge in [0.2, 0.25) is 0 Å². The van der Waals surface area contributed by atoms with Crippen molar-refractivity contribution < 1.29 is 17.9 Å². The van der Waals surface area contributed by atoms with Gasteiger partial charge in [0.1, 0.15) is 6.61 Å². The standard InChI is InChI=1S/C22H20Cl2N2O4S/c1-15-6-9-17(10-7-15)31(27,28)26-25-13-16-8-11-21(22(12-16)29-2)30-14-18-19(23)4-3-5-20(18)24/h3-13,26H,14H2,1-2H3/b25-13+. The molecular weight excluding hydrogens is 459 g/mol. The summed E-state index contributed by atoms with van der Waals surface area (Å²) in [6, 6.07) is 16.8. The highest BCUT2D eigenvalue weighted by Gasteiger charge is 2.12. The average Bonchev–Trinajstić information content (AvgIpc) is 2.74. The molecule has 3 aromatic carbocycles. The van der Waals surface area contributed by atoms with E-state index in [2.05, 4.69) is 9.93 Å². The number of hydrogen-bond donors (Lipinski definition) is 1. The molecule has 0 heterocycles. The lowest BCUT2D eigenvalue weighted by molar-refractivity contribution is 0.284. The Labute approximate surface area is 191 Å². The maximum atomic E-state index is 12.3. The molecule has 0 radical (unpaired) electrons. The highest BCUT2D eigenvalue weighted by molar-refractivity contribution is 7.89. The normalized spacial score (nSPS) is 11.5. The van der Waals surface area contributed by atoms with Gasteiger partial charge in [-0.2, -0.15) is 13.5 Å². The highest BCUT2D eigenvalue weighted by atomic mass is 35.5. The smallest absolute Gasteiger partial charge is 0.276 e. The van der Waals surface area contributed by atoms with Crippen LogP contribution in [0.5, 0.6) is 11.5 Å². The summed E-state index contributed by atoms with van der Waals surface area (Å²) in [5.74, 6) is 0.935. The van der Waals surface area contributed by atoms with Crippen LogP contribution in [-0.2, 0) is 16.6 Å². The van der Waals surface area contributed by atoms with Crippen molar-refractivity contribution in [2.45, 2.75) is 18.4 Å². The third-order valence-corrected chi connectivity index (χ3v) is 6.29. The number of methoxy groups -OCH3 is 1. The van der Waals surface area contributed by atoms with E-state index in [0.29, 0.717) is 32.7 Å². The topological polar surface area (TPSA) is 77.0 Å². The molecule has 0 atom stereocenters. The summed E-state index contributed by atoms with van der Waals surface area (Å²) in [7, 11) is -2.24. The molecule has 162 valence electrons. The third-order valence-electron chi connectivity index (χ3n) is 4.34. The van der Waals surface area contributed by atoms with Gasteiger partial charge >= 0.3 is 0 Å². The molecular formula is C22H20Cl2N2O4S. The van der Waals surface area contributed by atoms with Crippen LogP contribution < -0.4 is 14.3 Å². The molecule has 1 N–H and O–H groups in total. The summed E-state index contributed by atoms with van der Waals surface area (Å²) in [5.41, 5.74) is 2.25. The molecule has 0 aliphatic heterocycles. The average molecular weight is 479 g/mol. The first-order chi connectivity index (χ1) is 14.8. The minimum absolute atomic E-state index is 0.134. The van der Waals surface area contributed by atoms with Gasteiger partial charge < -0.3 is 9.47 Å². The fraction of sp³-hybridized carbons (Fsp3) is 0.136. The molecule has 3 rings (SSSR count). The number of ether oxygens (including phenoxy) is 2. The number of benzene rings is 3. The number of halogens is 2. The van der Waals surface area contributed by atoms with Gasteiger partial charge in [0.25, 0.3) is 10.0 Å². The highest BCUT2D eigenvalue weighted by Crippen LogP contribution is 2.31. The quantitative estimate of drug-likeness (QED) is 0.356. The van der Waals surface area contributed by atoms with Crippen molar-refractivity contribution in [3.8, 4) is 11.5 Å². The minimum atomic E-state index is -3.75. The fourth-order valence-corrected chi connectivity index (χ4v) is 3.94. The van der Waals surface area contributed by atoms with Crippen molar-refractivity contribution in [3.05, 3.63) is 87.4 Å². The number of aryl methyl sites for hydroxylation is 1. The van der Waals surface area contributed by atoms with E-state index in [1.54, 1.807) is 48.5 Å². The van der Waals surface area contributed by atoms with Gasteiger partial charge in [-0.3, -0.25) is 0 Å². The SMILES string of the molecule is COc1cc(/C=N/NS(=O)(=O)c2ccc(C)cc2)ccc1OCc1c(Cl)cccc1Cl. The predicted octanol–water partition coefficient (Wildman–Crippen LogP) is 5.20. The van der Waals surface area contributed by atoms with Crippen LogP contribution in [0, 0.1) is 6.92 Å². The van der Waals surface area contributed by atoms with Crippen molar-refractivity contribution in [2.24, 2.45) is 5.10 Å². The second-order valence-electron chi connectivity index (χ2n) is 6.57. The Kier molecular flexibility index (Phi) is 7.43. The van der Waals surface area contributed by atoms with Gasteiger partial charge in [-0.25, -0.2) is 4.83 Å². The van der Waals surface area contributed by atoms with Gasteiger partial charge in [-0.05, 0) is 55.0 Å². The Morgan fingerprint density at radius 1 is 1.00 bits per heavy atom. The third kappa shape index (κ3) is 5.91. The van der Waals surface area contributed by atoms with Crippen molar-refractivity contribution in [3.63, 3.8) is 0 Å². The zero-order chi connectivity index (χ0) is 22.4. The van der Waals surface area contributed by atoms with E-state index < -0.39 is 10.0 Å². The Morgan fingerprint density at radius 2 is 1.68 bits per heavy atom. The number of hydrogen-bond acceptors (Lipinski definition) is 5. The lowest BCUT2D eigenvalue weighted by Crippen LogP contribution is -2.18. The van der Waals surface area contributed by atoms with Gasteiger partial charge in [0.15, 0.2) is 11.5 Å². The van der Waals surface area contributed by atoms with E-state index in [4.69, 9.17) is 32.7 Å². The Morgan fingerprint density at radius 3 is 2.32 bits per heavy atom. The number of sulfonamides is 1. The van der Waals surface area contributed by atoms with Crippen LogP contribution in [0.1, 0.15) is 16.7 Å². The van der Waals surface area contributed by atoms with Gasteiger partial charge in [0, 0.05) is 15.6 Å². The Balaban J connectivity index is 1.70. The first-order valence-corrected chi connectivity index (χ1v) is 11.4. The number of hydrazone groups is 1. The van der Waals surface area contributed by atoms with E-state index in [1.165, 1.54) is 25.5 Å². The second kappa shape index (κ2) is 10.0. The van der Waals surface area contributed by atoms with Crippen LogP contribution in [0.25, 0.3) is 0 Å². The molecule has 0 aliphatic carbocycles. The van der Waals surface area contributed by atoms with E-state index in [-0.39, 0.29) is 11.5 Å². The van der Waals surface area contributed by atoms with Crippen LogP contribution in [0.15, 0.2) is 70.7 Å². The van der Waals surface area contributed by atoms with Crippen molar-refractivity contribution in [1.82, 2.24) is 4.83 Å². The molecule has 0 saturated carbocycles. The minimum Gasteiger partial charge on any atom is -0.493 e. The summed E-state index contributed by atoms with van der Waals surface area (Å²) in [6.45, 7) is 2.05. The molecule has 0 aromatic heterocycles. The van der Waals surface area contributed by atoms with Gasteiger partial charge in [-0.1, -0.05) is 47.0 Å². The molecule has 0 spiro atoms. The molecule has 0 saturated heterocycles. The van der Waals surface area contributed by atoms with Gasteiger partial charge in [-0.15, -0.1) is 0 Å². The van der Waals surface area contributed by atoms with Crippen molar-refractivity contribution >= 4 is 39.4 Å². The van der Waals surface area contributed by atoms with Crippen molar-refractivity contribution in [1.29, 1.82) is 0 Å².